The molecule has 0 spiro atoms. The summed E-state index contributed by atoms with van der Waals surface area (Å²) in [4.78, 5) is 66.3. The molecule has 3 amide bonds. The van der Waals surface area contributed by atoms with Crippen molar-refractivity contribution in [2.75, 3.05) is 5.32 Å². The highest BCUT2D eigenvalue weighted by atomic mass is 16.4. The van der Waals surface area contributed by atoms with Gasteiger partial charge >= 0.3 is 11.9 Å². The number of benzene rings is 2. The van der Waals surface area contributed by atoms with Crippen LogP contribution in [0.15, 0.2) is 65.7 Å². The maximum atomic E-state index is 13.2. The number of aromatic hydroxyl groups is 1. The van der Waals surface area contributed by atoms with Crippen molar-refractivity contribution in [1.29, 1.82) is 5.26 Å². The lowest BCUT2D eigenvalue weighted by Gasteiger charge is -2.22. The molecule has 8 N–H and O–H groups in total. The number of carbonyl (C=O) groups is 5. The first-order valence-electron chi connectivity index (χ1n) is 16.3. The highest BCUT2D eigenvalue weighted by Gasteiger charge is 2.27. The molecular formula is C36H47N7O8. The van der Waals surface area contributed by atoms with Crippen molar-refractivity contribution >= 4 is 47.0 Å². The van der Waals surface area contributed by atoms with Crippen LogP contribution in [0.1, 0.15) is 65.9 Å². The summed E-state index contributed by atoms with van der Waals surface area (Å²) in [5.74, 6) is -3.91. The van der Waals surface area contributed by atoms with Crippen LogP contribution in [0.4, 0.5) is 11.4 Å². The SMILES string of the molecule is CC(C)CC(NC(=O)Cc1ccc(N=C(NC#N)Nc2ccc(O)cc2)cc1)C(=O)NC(CC=CCC(NC(=O)CC(C)(C)C)C(=O)O)C(=O)O. The van der Waals surface area contributed by atoms with E-state index in [4.69, 9.17) is 5.26 Å². The van der Waals surface area contributed by atoms with Crippen molar-refractivity contribution in [2.45, 2.75) is 84.8 Å². The molecule has 0 aliphatic carbocycles. The molecule has 0 aromatic heterocycles. The second kappa shape index (κ2) is 19.9. The number of carboxylic acid groups (broad SMARTS) is 2. The summed E-state index contributed by atoms with van der Waals surface area (Å²) in [7, 11) is 0. The van der Waals surface area contributed by atoms with Gasteiger partial charge in [0.15, 0.2) is 6.19 Å². The average molecular weight is 706 g/mol. The summed E-state index contributed by atoms with van der Waals surface area (Å²) < 4.78 is 0. The van der Waals surface area contributed by atoms with E-state index >= 15 is 0 Å². The number of hydrogen-bond acceptors (Lipinski definition) is 8. The van der Waals surface area contributed by atoms with Crippen LogP contribution in [-0.2, 0) is 30.4 Å². The van der Waals surface area contributed by atoms with Crippen LogP contribution in [-0.4, -0.2) is 69.1 Å². The summed E-state index contributed by atoms with van der Waals surface area (Å²) in [6.45, 7) is 9.26. The first-order chi connectivity index (χ1) is 23.9. The minimum atomic E-state index is -1.35. The molecule has 2 rings (SSSR count). The lowest BCUT2D eigenvalue weighted by Crippen LogP contribution is -2.52. The number of aliphatic imine (C=N–C) groups is 1. The lowest BCUT2D eigenvalue weighted by atomic mass is 9.92. The largest absolute Gasteiger partial charge is 0.508 e. The third-order valence-electron chi connectivity index (χ3n) is 7.05. The van der Waals surface area contributed by atoms with Gasteiger partial charge in [-0.1, -0.05) is 58.9 Å². The monoisotopic (exact) mass is 705 g/mol. The van der Waals surface area contributed by atoms with E-state index in [1.165, 1.54) is 24.3 Å². The topological polar surface area (TPSA) is 242 Å². The number of nitriles is 1. The van der Waals surface area contributed by atoms with Crippen molar-refractivity contribution in [3.63, 3.8) is 0 Å². The van der Waals surface area contributed by atoms with Gasteiger partial charge in [-0.25, -0.2) is 14.6 Å². The Balaban J connectivity index is 2.02. The van der Waals surface area contributed by atoms with Crippen LogP contribution < -0.4 is 26.6 Å². The number of carbonyl (C=O) groups excluding carboxylic acids is 3. The normalized spacial score (nSPS) is 13.4. The number of carboxylic acids is 2. The summed E-state index contributed by atoms with van der Waals surface area (Å²) in [6.07, 6.45) is 4.72. The van der Waals surface area contributed by atoms with Gasteiger partial charge in [-0.15, -0.1) is 0 Å². The van der Waals surface area contributed by atoms with E-state index in [1.54, 1.807) is 42.6 Å². The zero-order chi connectivity index (χ0) is 38.1. The molecular weight excluding hydrogens is 658 g/mol. The third kappa shape index (κ3) is 16.4. The molecule has 0 saturated carbocycles. The van der Waals surface area contributed by atoms with Crippen LogP contribution in [0.2, 0.25) is 0 Å². The molecule has 51 heavy (non-hydrogen) atoms. The fraction of sp³-hybridized carbons (Fsp3) is 0.417. The van der Waals surface area contributed by atoms with E-state index in [0.29, 0.717) is 16.9 Å². The Morgan fingerprint density at radius 3 is 1.88 bits per heavy atom. The van der Waals surface area contributed by atoms with Gasteiger partial charge in [0.05, 0.1) is 12.1 Å². The molecule has 2 aromatic carbocycles. The fourth-order valence-corrected chi connectivity index (χ4v) is 4.68. The first kappa shape index (κ1) is 41.3. The van der Waals surface area contributed by atoms with Gasteiger partial charge in [-0.05, 0) is 72.6 Å². The Hall–Kier alpha value is -5.91. The van der Waals surface area contributed by atoms with Crippen LogP contribution in [0.25, 0.3) is 0 Å². The Bertz CT molecular complexity index is 1610. The van der Waals surface area contributed by atoms with Crippen molar-refractivity contribution in [1.82, 2.24) is 21.3 Å². The van der Waals surface area contributed by atoms with E-state index < -0.39 is 47.8 Å². The van der Waals surface area contributed by atoms with Gasteiger partial charge in [0, 0.05) is 12.1 Å². The molecule has 15 heteroatoms. The molecule has 0 bridgehead atoms. The summed E-state index contributed by atoms with van der Waals surface area (Å²) in [6, 6.07) is 9.21. The summed E-state index contributed by atoms with van der Waals surface area (Å²) in [5.41, 5.74) is 1.33. The molecule has 0 heterocycles. The number of nitrogens with one attached hydrogen (secondary N) is 5. The minimum Gasteiger partial charge on any atom is -0.508 e. The van der Waals surface area contributed by atoms with Gasteiger partial charge in [-0.2, -0.15) is 5.26 Å². The molecule has 3 atom stereocenters. The third-order valence-corrected chi connectivity index (χ3v) is 7.05. The molecule has 274 valence electrons. The molecule has 15 nitrogen and oxygen atoms in total. The Morgan fingerprint density at radius 2 is 1.37 bits per heavy atom. The molecule has 0 saturated heterocycles. The number of amides is 3. The van der Waals surface area contributed by atoms with Gasteiger partial charge in [0.1, 0.15) is 23.9 Å². The predicted octanol–water partition coefficient (Wildman–Crippen LogP) is 3.55. The van der Waals surface area contributed by atoms with Crippen molar-refractivity contribution in [3.05, 3.63) is 66.2 Å². The second-order valence-corrected chi connectivity index (χ2v) is 13.5. The molecule has 0 fully saturated rings. The van der Waals surface area contributed by atoms with Gasteiger partial charge < -0.3 is 36.6 Å². The standard InChI is InChI=1S/C36H47N7O8/c1-22(2)18-29(32(47)43-28(34(50)51)9-7-6-8-27(33(48)49)41-31(46)20-36(3,4)5)42-30(45)19-23-10-12-24(13-11-23)39-35(38-21-37)40-25-14-16-26(44)17-15-25/h6-7,10-17,22,27-29,44H,8-9,18-20H2,1-5H3,(H,41,46)(H,42,45)(H,43,47)(H,48,49)(H,50,51)(H2,38,39,40). The number of phenolic OH excluding ortho intramolecular Hbond substituents is 1. The molecule has 3 unspecified atom stereocenters. The van der Waals surface area contributed by atoms with Crippen LogP contribution in [0.5, 0.6) is 5.75 Å². The number of hydrogen-bond donors (Lipinski definition) is 8. The quantitative estimate of drug-likeness (QED) is 0.0295. The van der Waals surface area contributed by atoms with Crippen molar-refractivity contribution in [2.24, 2.45) is 16.3 Å². The highest BCUT2D eigenvalue weighted by Crippen LogP contribution is 2.19. The maximum Gasteiger partial charge on any atom is 0.326 e. The van der Waals surface area contributed by atoms with E-state index in [0.717, 1.165) is 0 Å². The number of guanidine groups is 1. The van der Waals surface area contributed by atoms with Gasteiger partial charge in [-0.3, -0.25) is 19.7 Å². The average Bonchev–Trinajstić information content (AvgIpc) is 3.02. The van der Waals surface area contributed by atoms with Crippen molar-refractivity contribution < 1.29 is 39.3 Å². The zero-order valence-electron chi connectivity index (χ0n) is 29.4. The van der Waals surface area contributed by atoms with Gasteiger partial charge in [0.25, 0.3) is 0 Å². The number of phenols is 1. The van der Waals surface area contributed by atoms with Crippen LogP contribution in [0.3, 0.4) is 0 Å². The minimum absolute atomic E-state index is 0.0192. The first-order valence-corrected chi connectivity index (χ1v) is 16.3. The number of anilines is 1. The molecule has 0 aliphatic heterocycles. The van der Waals surface area contributed by atoms with E-state index in [1.807, 2.05) is 34.6 Å². The van der Waals surface area contributed by atoms with Crippen LogP contribution >= 0.6 is 0 Å². The maximum absolute atomic E-state index is 13.2. The molecule has 0 radical (unpaired) electrons. The van der Waals surface area contributed by atoms with E-state index in [2.05, 4.69) is 31.6 Å². The van der Waals surface area contributed by atoms with Crippen molar-refractivity contribution in [3.8, 4) is 11.9 Å². The molecule has 0 aliphatic rings. The number of aliphatic carboxylic acids is 2. The van der Waals surface area contributed by atoms with Crippen LogP contribution in [0, 0.1) is 22.8 Å². The smallest absolute Gasteiger partial charge is 0.326 e. The summed E-state index contributed by atoms with van der Waals surface area (Å²) >= 11 is 0. The zero-order valence-corrected chi connectivity index (χ0v) is 29.4. The number of nitrogens with zero attached hydrogens (tertiary/aromatic N) is 2. The number of rotatable bonds is 17. The Kier molecular flexibility index (Phi) is 16.1. The highest BCUT2D eigenvalue weighted by molar-refractivity contribution is 5.96. The summed E-state index contributed by atoms with van der Waals surface area (Å²) in [5, 5.41) is 50.8. The fourth-order valence-electron chi connectivity index (χ4n) is 4.68. The second-order valence-electron chi connectivity index (χ2n) is 13.5. The Morgan fingerprint density at radius 1 is 0.824 bits per heavy atom. The Labute approximate surface area is 297 Å². The van der Waals surface area contributed by atoms with Gasteiger partial charge in [0.2, 0.25) is 23.7 Å². The predicted molar refractivity (Wildman–Crippen MR) is 191 cm³/mol. The molecule has 2 aromatic rings. The van der Waals surface area contributed by atoms with E-state index in [9.17, 15) is 39.3 Å². The lowest BCUT2D eigenvalue weighted by molar-refractivity contribution is -0.142. The van der Waals surface area contributed by atoms with E-state index in [-0.39, 0.29) is 55.1 Å².